The van der Waals surface area contributed by atoms with Gasteiger partial charge in [0.1, 0.15) is 6.04 Å². The van der Waals surface area contributed by atoms with Gasteiger partial charge in [-0.3, -0.25) is 14.9 Å². The van der Waals surface area contributed by atoms with Crippen LogP contribution in [0.2, 0.25) is 5.02 Å². The first-order chi connectivity index (χ1) is 14.8. The Morgan fingerprint density at radius 1 is 0.968 bits per heavy atom. The maximum atomic E-state index is 12.4. The van der Waals surface area contributed by atoms with Crippen LogP contribution in [0.15, 0.2) is 54.6 Å². The molecular formula is C22H24ClN3O5. The average Bonchev–Trinajstić information content (AvgIpc) is 2.75. The maximum absolute atomic E-state index is 12.4. The second-order valence-corrected chi connectivity index (χ2v) is 7.41. The summed E-state index contributed by atoms with van der Waals surface area (Å²) in [5.74, 6) is -2.43. The maximum Gasteiger partial charge on any atom is 0.329 e. The zero-order valence-corrected chi connectivity index (χ0v) is 17.9. The summed E-state index contributed by atoms with van der Waals surface area (Å²) in [4.78, 5) is 48.5. The molecule has 0 radical (unpaired) electrons. The van der Waals surface area contributed by atoms with Gasteiger partial charge in [0.15, 0.2) is 6.61 Å². The summed E-state index contributed by atoms with van der Waals surface area (Å²) in [6.07, 6.45) is 0. The molecule has 164 valence electrons. The molecule has 4 amide bonds. The van der Waals surface area contributed by atoms with Crippen LogP contribution in [0.5, 0.6) is 0 Å². The van der Waals surface area contributed by atoms with Crippen molar-refractivity contribution < 1.29 is 23.9 Å². The van der Waals surface area contributed by atoms with Crippen LogP contribution in [-0.2, 0) is 20.9 Å². The lowest BCUT2D eigenvalue weighted by atomic mass is 10.0. The first-order valence-corrected chi connectivity index (χ1v) is 9.99. The number of hydrogen-bond donors (Lipinski definition) is 3. The lowest BCUT2D eigenvalue weighted by Crippen LogP contribution is -2.47. The van der Waals surface area contributed by atoms with Gasteiger partial charge in [-0.1, -0.05) is 67.9 Å². The summed E-state index contributed by atoms with van der Waals surface area (Å²) in [5.41, 5.74) is 1.08. The number of esters is 1. The van der Waals surface area contributed by atoms with E-state index in [1.807, 2.05) is 30.3 Å². The molecule has 3 N–H and O–H groups in total. The molecule has 0 saturated carbocycles. The number of ether oxygens (including phenoxy) is 1. The molecule has 0 aliphatic rings. The predicted molar refractivity (Wildman–Crippen MR) is 115 cm³/mol. The van der Waals surface area contributed by atoms with Crippen molar-refractivity contribution in [1.82, 2.24) is 16.0 Å². The van der Waals surface area contributed by atoms with Crippen LogP contribution < -0.4 is 16.0 Å². The van der Waals surface area contributed by atoms with Crippen molar-refractivity contribution in [1.29, 1.82) is 0 Å². The quantitative estimate of drug-likeness (QED) is 0.540. The van der Waals surface area contributed by atoms with Crippen molar-refractivity contribution >= 4 is 35.4 Å². The Morgan fingerprint density at radius 2 is 1.61 bits per heavy atom. The van der Waals surface area contributed by atoms with E-state index < -0.39 is 36.5 Å². The summed E-state index contributed by atoms with van der Waals surface area (Å²) in [6, 6.07) is 13.9. The van der Waals surface area contributed by atoms with Crippen molar-refractivity contribution in [2.24, 2.45) is 5.92 Å². The Kier molecular flexibility index (Phi) is 9.02. The second kappa shape index (κ2) is 11.7. The van der Waals surface area contributed by atoms with Crippen molar-refractivity contribution in [2.45, 2.75) is 26.4 Å². The van der Waals surface area contributed by atoms with Gasteiger partial charge in [0.05, 0.1) is 10.6 Å². The topological polar surface area (TPSA) is 114 Å². The van der Waals surface area contributed by atoms with Gasteiger partial charge in [0.25, 0.3) is 11.8 Å². The Labute approximate surface area is 185 Å². The molecule has 9 heteroatoms. The van der Waals surface area contributed by atoms with E-state index in [-0.39, 0.29) is 23.0 Å². The molecule has 0 fully saturated rings. The van der Waals surface area contributed by atoms with Crippen molar-refractivity contribution in [3.05, 3.63) is 70.7 Å². The Bertz CT molecular complexity index is 934. The van der Waals surface area contributed by atoms with Crippen LogP contribution >= 0.6 is 11.6 Å². The number of hydrogen-bond acceptors (Lipinski definition) is 5. The fraction of sp³-hybridized carbons (Fsp3) is 0.273. The number of rotatable bonds is 8. The third-order valence-corrected chi connectivity index (χ3v) is 4.55. The summed E-state index contributed by atoms with van der Waals surface area (Å²) < 4.78 is 4.98. The highest BCUT2D eigenvalue weighted by Crippen LogP contribution is 2.15. The van der Waals surface area contributed by atoms with Crippen LogP contribution in [0.3, 0.4) is 0 Å². The molecule has 0 aliphatic heterocycles. The van der Waals surface area contributed by atoms with Gasteiger partial charge >= 0.3 is 12.0 Å². The number of amides is 4. The zero-order chi connectivity index (χ0) is 22.8. The minimum absolute atomic E-state index is 0.218. The van der Waals surface area contributed by atoms with Gasteiger partial charge in [0.2, 0.25) is 0 Å². The van der Waals surface area contributed by atoms with E-state index in [4.69, 9.17) is 16.3 Å². The lowest BCUT2D eigenvalue weighted by molar-refractivity contribution is -0.151. The standard InChI is InChI=1S/C22H24ClN3O5/c1-14(2)19(26-20(28)16-10-6-7-11-17(16)23)21(29)31-13-18(27)25-22(30)24-12-15-8-4-3-5-9-15/h3-11,14,19H,12-13H2,1-2H3,(H,26,28)(H2,24,25,27,30)/t19-/m0/s1. The van der Waals surface area contributed by atoms with Gasteiger partial charge in [-0.2, -0.15) is 0 Å². The number of imide groups is 1. The first kappa shape index (κ1) is 23.9. The van der Waals surface area contributed by atoms with E-state index in [0.29, 0.717) is 0 Å². The van der Waals surface area contributed by atoms with E-state index in [9.17, 15) is 19.2 Å². The van der Waals surface area contributed by atoms with Gasteiger partial charge in [-0.15, -0.1) is 0 Å². The zero-order valence-electron chi connectivity index (χ0n) is 17.2. The number of urea groups is 1. The number of carbonyl (C=O) groups is 4. The SMILES string of the molecule is CC(C)[C@H](NC(=O)c1ccccc1Cl)C(=O)OCC(=O)NC(=O)NCc1ccccc1. The average molecular weight is 446 g/mol. The third kappa shape index (κ3) is 7.75. The van der Waals surface area contributed by atoms with Crippen LogP contribution in [0.4, 0.5) is 4.79 Å². The Balaban J connectivity index is 1.82. The molecule has 0 aromatic heterocycles. The molecule has 8 nitrogen and oxygen atoms in total. The molecule has 0 heterocycles. The lowest BCUT2D eigenvalue weighted by Gasteiger charge is -2.21. The van der Waals surface area contributed by atoms with Crippen molar-refractivity contribution in [3.8, 4) is 0 Å². The van der Waals surface area contributed by atoms with E-state index in [0.717, 1.165) is 5.56 Å². The number of carbonyl (C=O) groups excluding carboxylic acids is 4. The second-order valence-electron chi connectivity index (χ2n) is 7.00. The van der Waals surface area contributed by atoms with Crippen molar-refractivity contribution in [2.75, 3.05) is 6.61 Å². The van der Waals surface area contributed by atoms with Gasteiger partial charge in [-0.25, -0.2) is 9.59 Å². The van der Waals surface area contributed by atoms with E-state index in [1.54, 1.807) is 32.0 Å². The molecule has 1 atom stereocenters. The van der Waals surface area contributed by atoms with Gasteiger partial charge < -0.3 is 15.4 Å². The van der Waals surface area contributed by atoms with Crippen LogP contribution in [0, 0.1) is 5.92 Å². The number of benzene rings is 2. The third-order valence-electron chi connectivity index (χ3n) is 4.22. The molecule has 2 aromatic carbocycles. The Morgan fingerprint density at radius 3 is 2.26 bits per heavy atom. The summed E-state index contributed by atoms with van der Waals surface area (Å²) in [7, 11) is 0. The molecule has 0 unspecified atom stereocenters. The molecule has 2 aromatic rings. The molecule has 31 heavy (non-hydrogen) atoms. The molecule has 2 rings (SSSR count). The van der Waals surface area contributed by atoms with Gasteiger partial charge in [0, 0.05) is 6.54 Å². The largest absolute Gasteiger partial charge is 0.454 e. The number of nitrogens with one attached hydrogen (secondary N) is 3. The summed E-state index contributed by atoms with van der Waals surface area (Å²) >= 11 is 6.01. The van der Waals surface area contributed by atoms with Crippen molar-refractivity contribution in [3.63, 3.8) is 0 Å². The van der Waals surface area contributed by atoms with E-state index in [2.05, 4.69) is 16.0 Å². The summed E-state index contributed by atoms with van der Waals surface area (Å²) in [6.45, 7) is 3.01. The fourth-order valence-electron chi connectivity index (χ4n) is 2.57. The predicted octanol–water partition coefficient (Wildman–Crippen LogP) is 2.66. The highest BCUT2D eigenvalue weighted by atomic mass is 35.5. The highest BCUT2D eigenvalue weighted by Gasteiger charge is 2.27. The first-order valence-electron chi connectivity index (χ1n) is 9.61. The van der Waals surface area contributed by atoms with Crippen LogP contribution in [0.1, 0.15) is 29.8 Å². The monoisotopic (exact) mass is 445 g/mol. The van der Waals surface area contributed by atoms with E-state index in [1.165, 1.54) is 6.07 Å². The smallest absolute Gasteiger partial charge is 0.329 e. The molecule has 0 spiro atoms. The molecule has 0 saturated heterocycles. The van der Waals surface area contributed by atoms with Crippen LogP contribution in [-0.4, -0.2) is 36.5 Å². The highest BCUT2D eigenvalue weighted by molar-refractivity contribution is 6.33. The Hall–Kier alpha value is -3.39. The van der Waals surface area contributed by atoms with Crippen LogP contribution in [0.25, 0.3) is 0 Å². The normalized spacial score (nSPS) is 11.4. The van der Waals surface area contributed by atoms with E-state index >= 15 is 0 Å². The summed E-state index contributed by atoms with van der Waals surface area (Å²) in [5, 5.41) is 7.42. The minimum atomic E-state index is -0.997. The van der Waals surface area contributed by atoms with Gasteiger partial charge in [-0.05, 0) is 23.6 Å². The number of halogens is 1. The molecular weight excluding hydrogens is 422 g/mol. The fourth-order valence-corrected chi connectivity index (χ4v) is 2.80. The molecule has 0 aliphatic carbocycles. The minimum Gasteiger partial charge on any atom is -0.454 e. The molecule has 0 bridgehead atoms.